The summed E-state index contributed by atoms with van der Waals surface area (Å²) in [5.74, 6) is 1.27. The molecule has 4 nitrogen and oxygen atoms in total. The third kappa shape index (κ3) is 5.21. The third-order valence-electron chi connectivity index (χ3n) is 5.00. The molecule has 0 bridgehead atoms. The van der Waals surface area contributed by atoms with Crippen LogP contribution in [-0.2, 0) is 6.61 Å². The summed E-state index contributed by atoms with van der Waals surface area (Å²) in [5.41, 5.74) is 1.36. The van der Waals surface area contributed by atoms with E-state index in [2.05, 4.69) is 17.2 Å². The maximum atomic E-state index is 12.4. The molecule has 1 aromatic carbocycles. The highest BCUT2D eigenvalue weighted by molar-refractivity contribution is 6.30. The molecule has 1 atom stereocenters. The summed E-state index contributed by atoms with van der Waals surface area (Å²) in [4.78, 5) is 16.8. The molecule has 1 heterocycles. The highest BCUT2D eigenvalue weighted by Crippen LogP contribution is 2.26. The summed E-state index contributed by atoms with van der Waals surface area (Å²) >= 11 is 5.86. The number of ether oxygens (including phenoxy) is 1. The Balaban J connectivity index is 1.51. The molecule has 0 saturated heterocycles. The first kappa shape index (κ1) is 18.7. The fourth-order valence-corrected chi connectivity index (χ4v) is 3.50. The van der Waals surface area contributed by atoms with Crippen LogP contribution in [-0.4, -0.2) is 16.9 Å². The topological polar surface area (TPSA) is 51.2 Å². The van der Waals surface area contributed by atoms with Crippen LogP contribution >= 0.6 is 11.6 Å². The third-order valence-corrected chi connectivity index (χ3v) is 5.25. The average Bonchev–Trinajstić information content (AvgIpc) is 2.68. The number of amides is 1. The molecule has 1 aromatic heterocycles. The monoisotopic (exact) mass is 372 g/mol. The van der Waals surface area contributed by atoms with Gasteiger partial charge in [-0.05, 0) is 62.1 Å². The Hall–Kier alpha value is -2.07. The van der Waals surface area contributed by atoms with Gasteiger partial charge in [0.25, 0.3) is 5.91 Å². The van der Waals surface area contributed by atoms with Crippen molar-refractivity contribution in [2.75, 3.05) is 0 Å². The van der Waals surface area contributed by atoms with Crippen molar-refractivity contribution < 1.29 is 9.53 Å². The van der Waals surface area contributed by atoms with E-state index < -0.39 is 0 Å². The zero-order valence-corrected chi connectivity index (χ0v) is 15.8. The second kappa shape index (κ2) is 9.04. The first-order chi connectivity index (χ1) is 12.6. The number of nitrogens with one attached hydrogen (secondary N) is 1. The zero-order valence-electron chi connectivity index (χ0n) is 15.1. The van der Waals surface area contributed by atoms with Gasteiger partial charge in [-0.3, -0.25) is 9.78 Å². The lowest BCUT2D eigenvalue weighted by Crippen LogP contribution is -2.38. The van der Waals surface area contributed by atoms with E-state index in [0.29, 0.717) is 23.1 Å². The molecular weight excluding hydrogens is 348 g/mol. The summed E-state index contributed by atoms with van der Waals surface area (Å²) in [6.45, 7) is 2.46. The molecular formula is C21H25ClN2O2. The summed E-state index contributed by atoms with van der Waals surface area (Å²) in [6.07, 6.45) is 7.90. The van der Waals surface area contributed by atoms with Crippen LogP contribution in [0.15, 0.2) is 42.6 Å². The van der Waals surface area contributed by atoms with Gasteiger partial charge in [0.15, 0.2) is 0 Å². The fraction of sp³-hybridized carbons (Fsp3) is 0.429. The van der Waals surface area contributed by atoms with Gasteiger partial charge in [-0.15, -0.1) is 0 Å². The highest BCUT2D eigenvalue weighted by atomic mass is 35.5. The molecule has 1 aliphatic carbocycles. The van der Waals surface area contributed by atoms with Gasteiger partial charge in [0.1, 0.15) is 12.4 Å². The van der Waals surface area contributed by atoms with Crippen LogP contribution in [0.1, 0.15) is 55.1 Å². The van der Waals surface area contributed by atoms with E-state index in [-0.39, 0.29) is 11.9 Å². The van der Waals surface area contributed by atoms with Crippen LogP contribution in [0.4, 0.5) is 0 Å². The molecule has 26 heavy (non-hydrogen) atoms. The molecule has 2 aromatic rings. The molecule has 138 valence electrons. The molecule has 0 spiro atoms. The Kier molecular flexibility index (Phi) is 6.51. The van der Waals surface area contributed by atoms with E-state index in [9.17, 15) is 4.79 Å². The Morgan fingerprint density at radius 1 is 1.19 bits per heavy atom. The standard InChI is InChI=1S/C21H25ClN2O2/c1-15(16-5-3-2-4-6-16)24-21(25)17-7-10-19(23-13-17)14-26-20-11-8-18(22)9-12-20/h7-13,15-16H,2-6,14H2,1H3,(H,24,25)/t15-/m1/s1. The number of carbonyl (C=O) groups excluding carboxylic acids is 1. The summed E-state index contributed by atoms with van der Waals surface area (Å²) < 4.78 is 5.67. The lowest BCUT2D eigenvalue weighted by molar-refractivity contribution is 0.0919. The predicted octanol–water partition coefficient (Wildman–Crippen LogP) is 5.01. The minimum Gasteiger partial charge on any atom is -0.487 e. The van der Waals surface area contributed by atoms with Gasteiger partial charge >= 0.3 is 0 Å². The van der Waals surface area contributed by atoms with Crippen molar-refractivity contribution in [1.82, 2.24) is 10.3 Å². The van der Waals surface area contributed by atoms with Crippen LogP contribution in [0, 0.1) is 5.92 Å². The van der Waals surface area contributed by atoms with Crippen molar-refractivity contribution in [2.24, 2.45) is 5.92 Å². The molecule has 1 fully saturated rings. The summed E-state index contributed by atoms with van der Waals surface area (Å²) in [7, 11) is 0. The summed E-state index contributed by atoms with van der Waals surface area (Å²) in [6, 6.07) is 11.0. The van der Waals surface area contributed by atoms with Crippen LogP contribution in [0.25, 0.3) is 0 Å². The van der Waals surface area contributed by atoms with E-state index in [1.165, 1.54) is 32.1 Å². The lowest BCUT2D eigenvalue weighted by atomic mass is 9.84. The van der Waals surface area contributed by atoms with Crippen LogP contribution < -0.4 is 10.1 Å². The minimum absolute atomic E-state index is 0.0549. The number of nitrogens with zero attached hydrogens (tertiary/aromatic N) is 1. The lowest BCUT2D eigenvalue weighted by Gasteiger charge is -2.28. The van der Waals surface area contributed by atoms with Gasteiger partial charge in [0.05, 0.1) is 11.3 Å². The second-order valence-electron chi connectivity index (χ2n) is 6.94. The van der Waals surface area contributed by atoms with Crippen LogP contribution in [0.3, 0.4) is 0 Å². The molecule has 0 aliphatic heterocycles. The smallest absolute Gasteiger partial charge is 0.253 e. The number of hydrogen-bond acceptors (Lipinski definition) is 3. The largest absolute Gasteiger partial charge is 0.487 e. The van der Waals surface area contributed by atoms with Gasteiger partial charge in [0, 0.05) is 17.3 Å². The normalized spacial score (nSPS) is 16.1. The van der Waals surface area contributed by atoms with Crippen molar-refractivity contribution in [2.45, 2.75) is 51.7 Å². The number of benzene rings is 1. The first-order valence-corrected chi connectivity index (χ1v) is 9.64. The van der Waals surface area contributed by atoms with E-state index in [4.69, 9.17) is 16.3 Å². The molecule has 3 rings (SSSR count). The number of hydrogen-bond donors (Lipinski definition) is 1. The van der Waals surface area contributed by atoms with Crippen LogP contribution in [0.2, 0.25) is 5.02 Å². The van der Waals surface area contributed by atoms with E-state index in [0.717, 1.165) is 11.4 Å². The van der Waals surface area contributed by atoms with Gasteiger partial charge in [-0.2, -0.15) is 0 Å². The molecule has 1 amide bonds. The maximum absolute atomic E-state index is 12.4. The first-order valence-electron chi connectivity index (χ1n) is 9.26. The number of pyridine rings is 1. The Morgan fingerprint density at radius 2 is 1.92 bits per heavy atom. The van der Waals surface area contributed by atoms with Crippen molar-refractivity contribution in [3.63, 3.8) is 0 Å². The van der Waals surface area contributed by atoms with Crippen molar-refractivity contribution in [3.8, 4) is 5.75 Å². The zero-order chi connectivity index (χ0) is 18.4. The SMILES string of the molecule is C[C@@H](NC(=O)c1ccc(COc2ccc(Cl)cc2)nc1)C1CCCCC1. The predicted molar refractivity (Wildman–Crippen MR) is 104 cm³/mol. The van der Waals surface area contributed by atoms with Crippen molar-refractivity contribution >= 4 is 17.5 Å². The quantitative estimate of drug-likeness (QED) is 0.775. The molecule has 0 unspecified atom stereocenters. The van der Waals surface area contributed by atoms with Gasteiger partial charge < -0.3 is 10.1 Å². The molecule has 0 radical (unpaired) electrons. The molecule has 1 saturated carbocycles. The van der Waals surface area contributed by atoms with Gasteiger partial charge in [0.2, 0.25) is 0 Å². The van der Waals surface area contributed by atoms with Crippen LogP contribution in [0.5, 0.6) is 5.75 Å². The Morgan fingerprint density at radius 3 is 2.58 bits per heavy atom. The van der Waals surface area contributed by atoms with E-state index in [1.807, 2.05) is 18.2 Å². The Bertz CT molecular complexity index is 710. The Labute approximate surface area is 159 Å². The molecule has 1 N–H and O–H groups in total. The van der Waals surface area contributed by atoms with E-state index >= 15 is 0 Å². The molecule has 5 heteroatoms. The van der Waals surface area contributed by atoms with Gasteiger partial charge in [-0.1, -0.05) is 30.9 Å². The number of rotatable bonds is 6. The number of halogens is 1. The van der Waals surface area contributed by atoms with E-state index in [1.54, 1.807) is 24.4 Å². The second-order valence-corrected chi connectivity index (χ2v) is 7.38. The van der Waals surface area contributed by atoms with Gasteiger partial charge in [-0.25, -0.2) is 0 Å². The van der Waals surface area contributed by atoms with Crippen molar-refractivity contribution in [1.29, 1.82) is 0 Å². The minimum atomic E-state index is -0.0549. The summed E-state index contributed by atoms with van der Waals surface area (Å²) in [5, 5.41) is 3.80. The number of carbonyl (C=O) groups is 1. The fourth-order valence-electron chi connectivity index (χ4n) is 3.37. The van der Waals surface area contributed by atoms with Crippen molar-refractivity contribution in [3.05, 3.63) is 58.9 Å². The average molecular weight is 373 g/mol. The highest BCUT2D eigenvalue weighted by Gasteiger charge is 2.21. The molecule has 1 aliphatic rings. The maximum Gasteiger partial charge on any atom is 0.253 e. The number of aromatic nitrogens is 1.